The number of amides is 1. The Morgan fingerprint density at radius 2 is 1.92 bits per heavy atom. The molecule has 0 fully saturated rings. The van der Waals surface area contributed by atoms with E-state index in [1.807, 2.05) is 24.9 Å². The molecule has 0 saturated heterocycles. The van der Waals surface area contributed by atoms with Crippen LogP contribution in [-0.2, 0) is 30.6 Å². The zero-order valence-corrected chi connectivity index (χ0v) is 15.6. The molecule has 1 amide bonds. The lowest BCUT2D eigenvalue weighted by atomic mass is 10.1. The van der Waals surface area contributed by atoms with E-state index in [0.717, 1.165) is 37.5 Å². The van der Waals surface area contributed by atoms with Crippen molar-refractivity contribution in [2.24, 2.45) is 0 Å². The van der Waals surface area contributed by atoms with Gasteiger partial charge in [0.2, 0.25) is 5.91 Å². The molecule has 1 aromatic carbocycles. The third-order valence-electron chi connectivity index (χ3n) is 4.70. The van der Waals surface area contributed by atoms with Gasteiger partial charge in [0.05, 0.1) is 6.04 Å². The number of hydrogen-bond donors (Lipinski definition) is 1. The molecule has 136 valence electrons. The molecule has 1 aliphatic heterocycles. The molecule has 0 bridgehead atoms. The van der Waals surface area contributed by atoms with Gasteiger partial charge in [0.1, 0.15) is 11.6 Å². The van der Waals surface area contributed by atoms with Gasteiger partial charge < -0.3 is 14.8 Å². The summed E-state index contributed by atoms with van der Waals surface area (Å²) in [4.78, 5) is 14.3. The van der Waals surface area contributed by atoms with E-state index in [0.29, 0.717) is 13.1 Å². The first-order chi connectivity index (χ1) is 11.7. The van der Waals surface area contributed by atoms with Crippen LogP contribution in [0.4, 0.5) is 0 Å². The van der Waals surface area contributed by atoms with E-state index in [-0.39, 0.29) is 24.4 Å². The van der Waals surface area contributed by atoms with E-state index in [2.05, 4.69) is 44.3 Å². The standard InChI is InChI=1S/C18H25N5O.ClH/c1-14(19-2)18(24)22-11-10-17-21-20-16(23(17)13-12-22)9-8-15-6-4-3-5-7-15;/h3-7,14,19H,8-13H2,1-2H3;1H/t14-;/m0./s1. The average Bonchev–Trinajstić information content (AvgIpc) is 2.89. The lowest BCUT2D eigenvalue weighted by Crippen LogP contribution is -2.44. The first kappa shape index (κ1) is 19.4. The van der Waals surface area contributed by atoms with Crippen molar-refractivity contribution in [3.05, 3.63) is 47.5 Å². The van der Waals surface area contributed by atoms with Crippen molar-refractivity contribution in [3.8, 4) is 0 Å². The van der Waals surface area contributed by atoms with Gasteiger partial charge in [-0.3, -0.25) is 4.79 Å². The number of aryl methyl sites for hydroxylation is 2. The minimum Gasteiger partial charge on any atom is -0.339 e. The predicted octanol–water partition coefficient (Wildman–Crippen LogP) is 1.48. The smallest absolute Gasteiger partial charge is 0.239 e. The number of likely N-dealkylation sites (N-methyl/N-ethyl adjacent to an activating group) is 1. The van der Waals surface area contributed by atoms with Gasteiger partial charge in [0.25, 0.3) is 0 Å². The van der Waals surface area contributed by atoms with Gasteiger partial charge in [-0.1, -0.05) is 30.3 Å². The molecule has 0 saturated carbocycles. The fraction of sp³-hybridized carbons (Fsp3) is 0.500. The largest absolute Gasteiger partial charge is 0.339 e. The lowest BCUT2D eigenvalue weighted by molar-refractivity contribution is -0.132. The van der Waals surface area contributed by atoms with Crippen LogP contribution in [0.5, 0.6) is 0 Å². The van der Waals surface area contributed by atoms with Crippen LogP contribution in [0.15, 0.2) is 30.3 Å². The molecule has 7 heteroatoms. The highest BCUT2D eigenvalue weighted by Gasteiger charge is 2.24. The molecule has 6 nitrogen and oxygen atoms in total. The summed E-state index contributed by atoms with van der Waals surface area (Å²) in [6, 6.07) is 10.3. The van der Waals surface area contributed by atoms with Crippen molar-refractivity contribution >= 4 is 18.3 Å². The number of carbonyl (C=O) groups is 1. The van der Waals surface area contributed by atoms with E-state index in [4.69, 9.17) is 0 Å². The first-order valence-electron chi connectivity index (χ1n) is 8.60. The van der Waals surface area contributed by atoms with Crippen LogP contribution < -0.4 is 5.32 Å². The minimum atomic E-state index is -0.147. The Morgan fingerprint density at radius 1 is 1.16 bits per heavy atom. The number of benzene rings is 1. The highest BCUT2D eigenvalue weighted by Crippen LogP contribution is 2.13. The van der Waals surface area contributed by atoms with Crippen molar-refractivity contribution in [1.29, 1.82) is 0 Å². The minimum absolute atomic E-state index is 0. The second kappa shape index (κ2) is 8.97. The molecule has 3 rings (SSSR count). The molecule has 0 aliphatic carbocycles. The third kappa shape index (κ3) is 4.58. The highest BCUT2D eigenvalue weighted by molar-refractivity contribution is 5.85. The molecule has 1 aliphatic rings. The molecule has 2 aromatic rings. The van der Waals surface area contributed by atoms with Crippen LogP contribution in [0.3, 0.4) is 0 Å². The average molecular weight is 364 g/mol. The summed E-state index contributed by atoms with van der Waals surface area (Å²) in [7, 11) is 1.82. The number of fused-ring (bicyclic) bond motifs is 1. The Hall–Kier alpha value is -1.92. The molecule has 1 aromatic heterocycles. The monoisotopic (exact) mass is 363 g/mol. The fourth-order valence-corrected chi connectivity index (χ4v) is 3.09. The Labute approximate surface area is 155 Å². The zero-order valence-electron chi connectivity index (χ0n) is 14.8. The molecule has 0 unspecified atom stereocenters. The second-order valence-electron chi connectivity index (χ2n) is 6.26. The zero-order chi connectivity index (χ0) is 16.9. The molecule has 0 radical (unpaired) electrons. The number of rotatable bonds is 5. The molecule has 25 heavy (non-hydrogen) atoms. The van der Waals surface area contributed by atoms with E-state index >= 15 is 0 Å². The van der Waals surface area contributed by atoms with Gasteiger partial charge in [-0.25, -0.2) is 0 Å². The number of carbonyl (C=O) groups excluding carboxylic acids is 1. The van der Waals surface area contributed by atoms with Crippen LogP contribution in [0.25, 0.3) is 0 Å². The van der Waals surface area contributed by atoms with E-state index in [9.17, 15) is 4.79 Å². The first-order valence-corrected chi connectivity index (χ1v) is 8.60. The van der Waals surface area contributed by atoms with Crippen molar-refractivity contribution in [3.63, 3.8) is 0 Å². The van der Waals surface area contributed by atoms with Gasteiger partial charge in [-0.15, -0.1) is 22.6 Å². The summed E-state index contributed by atoms with van der Waals surface area (Å²) in [5.41, 5.74) is 1.31. The van der Waals surface area contributed by atoms with Gasteiger partial charge in [0.15, 0.2) is 0 Å². The maximum Gasteiger partial charge on any atom is 0.239 e. The number of aromatic nitrogens is 3. The fourth-order valence-electron chi connectivity index (χ4n) is 3.09. The molecular weight excluding hydrogens is 338 g/mol. The quantitative estimate of drug-likeness (QED) is 0.874. The summed E-state index contributed by atoms with van der Waals surface area (Å²) >= 11 is 0. The van der Waals surface area contributed by atoms with Crippen molar-refractivity contribution in [2.45, 2.75) is 38.8 Å². The SMILES string of the molecule is CN[C@@H](C)C(=O)N1CCc2nnc(CCc3ccccc3)n2CC1.Cl. The number of hydrogen-bond acceptors (Lipinski definition) is 4. The van der Waals surface area contributed by atoms with Gasteiger partial charge in [-0.05, 0) is 26.0 Å². The van der Waals surface area contributed by atoms with E-state index < -0.39 is 0 Å². The lowest BCUT2D eigenvalue weighted by Gasteiger charge is -2.23. The Balaban J connectivity index is 0.00000225. The number of nitrogens with one attached hydrogen (secondary N) is 1. The Kier molecular flexibility index (Phi) is 6.96. The number of halogens is 1. The molecule has 0 spiro atoms. The molecule has 1 N–H and O–H groups in total. The molecule has 1 atom stereocenters. The molecule has 2 heterocycles. The summed E-state index contributed by atoms with van der Waals surface area (Å²) in [5.74, 6) is 2.16. The van der Waals surface area contributed by atoms with Gasteiger partial charge >= 0.3 is 0 Å². The third-order valence-corrected chi connectivity index (χ3v) is 4.70. The van der Waals surface area contributed by atoms with Crippen LogP contribution in [-0.4, -0.2) is 51.8 Å². The Bertz CT molecular complexity index is 688. The van der Waals surface area contributed by atoms with E-state index in [1.54, 1.807) is 0 Å². The number of nitrogens with zero attached hydrogens (tertiary/aromatic N) is 4. The van der Waals surface area contributed by atoms with Gasteiger partial charge in [0, 0.05) is 32.5 Å². The second-order valence-corrected chi connectivity index (χ2v) is 6.26. The Morgan fingerprint density at radius 3 is 2.64 bits per heavy atom. The highest BCUT2D eigenvalue weighted by atomic mass is 35.5. The van der Waals surface area contributed by atoms with Crippen molar-refractivity contribution < 1.29 is 4.79 Å². The summed E-state index contributed by atoms with van der Waals surface area (Å²) in [5, 5.41) is 11.7. The van der Waals surface area contributed by atoms with Crippen LogP contribution in [0, 0.1) is 0 Å². The van der Waals surface area contributed by atoms with Crippen LogP contribution >= 0.6 is 12.4 Å². The van der Waals surface area contributed by atoms with Crippen LogP contribution in [0.2, 0.25) is 0 Å². The normalized spacial score (nSPS) is 15.0. The van der Waals surface area contributed by atoms with E-state index in [1.165, 1.54) is 5.56 Å². The summed E-state index contributed by atoms with van der Waals surface area (Å²) in [6.45, 7) is 4.10. The van der Waals surface area contributed by atoms with Gasteiger partial charge in [-0.2, -0.15) is 0 Å². The van der Waals surface area contributed by atoms with Crippen LogP contribution in [0.1, 0.15) is 24.1 Å². The van der Waals surface area contributed by atoms with Crippen molar-refractivity contribution in [1.82, 2.24) is 25.0 Å². The maximum atomic E-state index is 12.4. The molecular formula is C18H26ClN5O. The summed E-state index contributed by atoms with van der Waals surface area (Å²) < 4.78 is 2.19. The topological polar surface area (TPSA) is 63.1 Å². The maximum absolute atomic E-state index is 12.4. The van der Waals surface area contributed by atoms with Crippen molar-refractivity contribution in [2.75, 3.05) is 20.1 Å². The summed E-state index contributed by atoms with van der Waals surface area (Å²) in [6.07, 6.45) is 2.59. The predicted molar refractivity (Wildman–Crippen MR) is 99.9 cm³/mol.